The van der Waals surface area contributed by atoms with Gasteiger partial charge in [-0.1, -0.05) is 48.5 Å². The molecule has 1 amide bonds. The molecule has 0 fully saturated rings. The first kappa shape index (κ1) is 19.8. The number of nitrogens with one attached hydrogen (secondary N) is 1. The topological polar surface area (TPSA) is 93.3 Å². The zero-order chi connectivity index (χ0) is 21.6. The molecule has 0 bridgehead atoms. The molecule has 0 aliphatic carbocycles. The van der Waals surface area contributed by atoms with Crippen LogP contribution in [0.1, 0.15) is 15.9 Å². The normalized spacial score (nSPS) is 10.5. The van der Waals surface area contributed by atoms with Crippen molar-refractivity contribution in [2.75, 3.05) is 5.01 Å². The lowest BCUT2D eigenvalue weighted by atomic mass is 10.1. The van der Waals surface area contributed by atoms with Crippen molar-refractivity contribution < 1.29 is 9.72 Å². The summed E-state index contributed by atoms with van der Waals surface area (Å²) in [5.74, 6) is -0.444. The van der Waals surface area contributed by atoms with Gasteiger partial charge in [0.1, 0.15) is 5.69 Å². The summed E-state index contributed by atoms with van der Waals surface area (Å²) in [5.41, 5.74) is 5.01. The number of para-hydroxylation sites is 1. The standard InChI is InChI=1S/C23H19N5O3/c29-23(19-11-12-21(22(15-19)28(30)31)26-14-13-24-17-26)25-27(20-9-5-2-6-10-20)16-18-7-3-1-4-8-18/h1-15,17H,16H2,(H,25,29). The first-order valence-corrected chi connectivity index (χ1v) is 9.56. The smallest absolute Gasteiger partial charge is 0.294 e. The minimum Gasteiger partial charge on any atom is -0.300 e. The monoisotopic (exact) mass is 413 g/mol. The van der Waals surface area contributed by atoms with Gasteiger partial charge in [-0.3, -0.25) is 25.3 Å². The van der Waals surface area contributed by atoms with Gasteiger partial charge < -0.3 is 4.57 Å². The van der Waals surface area contributed by atoms with Gasteiger partial charge in [0.2, 0.25) is 0 Å². The molecule has 0 aliphatic heterocycles. The second-order valence-corrected chi connectivity index (χ2v) is 6.78. The molecule has 4 aromatic rings. The third-order valence-corrected chi connectivity index (χ3v) is 4.70. The van der Waals surface area contributed by atoms with Gasteiger partial charge in [0.25, 0.3) is 11.6 Å². The number of nitro groups is 1. The van der Waals surface area contributed by atoms with Crippen LogP contribution in [0.15, 0.2) is 97.6 Å². The molecule has 0 spiro atoms. The van der Waals surface area contributed by atoms with E-state index in [-0.39, 0.29) is 11.3 Å². The zero-order valence-corrected chi connectivity index (χ0v) is 16.5. The van der Waals surface area contributed by atoms with Gasteiger partial charge in [-0.05, 0) is 29.8 Å². The lowest BCUT2D eigenvalue weighted by Gasteiger charge is -2.25. The zero-order valence-electron chi connectivity index (χ0n) is 16.5. The molecule has 4 rings (SSSR count). The van der Waals surface area contributed by atoms with Crippen LogP contribution in [-0.4, -0.2) is 20.4 Å². The van der Waals surface area contributed by atoms with Crippen LogP contribution in [0.3, 0.4) is 0 Å². The highest BCUT2D eigenvalue weighted by Gasteiger charge is 2.20. The van der Waals surface area contributed by atoms with E-state index in [1.807, 2.05) is 60.7 Å². The fourth-order valence-electron chi connectivity index (χ4n) is 3.19. The number of rotatable bonds is 7. The summed E-state index contributed by atoms with van der Waals surface area (Å²) in [6, 6.07) is 23.5. The van der Waals surface area contributed by atoms with Gasteiger partial charge >= 0.3 is 0 Å². The van der Waals surface area contributed by atoms with Crippen LogP contribution in [0.25, 0.3) is 5.69 Å². The molecule has 0 radical (unpaired) electrons. The predicted molar refractivity (Wildman–Crippen MR) is 117 cm³/mol. The Kier molecular flexibility index (Phi) is 5.70. The second-order valence-electron chi connectivity index (χ2n) is 6.78. The van der Waals surface area contributed by atoms with E-state index in [1.54, 1.807) is 23.3 Å². The van der Waals surface area contributed by atoms with Crippen molar-refractivity contribution in [2.24, 2.45) is 0 Å². The van der Waals surface area contributed by atoms with Crippen LogP contribution < -0.4 is 10.4 Å². The Labute approximate surface area is 178 Å². The molecular weight excluding hydrogens is 394 g/mol. The number of aromatic nitrogens is 2. The van der Waals surface area contributed by atoms with Crippen LogP contribution in [-0.2, 0) is 6.54 Å². The van der Waals surface area contributed by atoms with Gasteiger partial charge in [0, 0.05) is 24.0 Å². The number of hydrogen-bond acceptors (Lipinski definition) is 5. The maximum Gasteiger partial charge on any atom is 0.294 e. The lowest BCUT2D eigenvalue weighted by molar-refractivity contribution is -0.384. The molecule has 154 valence electrons. The average molecular weight is 413 g/mol. The van der Waals surface area contributed by atoms with E-state index in [0.29, 0.717) is 12.2 Å². The Morgan fingerprint density at radius 1 is 1.03 bits per heavy atom. The SMILES string of the molecule is O=C(NN(Cc1ccccc1)c1ccccc1)c1ccc(-n2ccnc2)c([N+](=O)[O-])c1. The summed E-state index contributed by atoms with van der Waals surface area (Å²) in [6.07, 6.45) is 4.61. The molecule has 0 saturated carbocycles. The molecule has 0 saturated heterocycles. The Bertz CT molecular complexity index is 1180. The molecule has 1 aromatic heterocycles. The summed E-state index contributed by atoms with van der Waals surface area (Å²) in [7, 11) is 0. The molecule has 0 atom stereocenters. The van der Waals surface area contributed by atoms with E-state index in [9.17, 15) is 14.9 Å². The maximum atomic E-state index is 13.0. The predicted octanol–water partition coefficient (Wildman–Crippen LogP) is 4.13. The second kappa shape index (κ2) is 8.91. The molecular formula is C23H19N5O3. The molecule has 0 unspecified atom stereocenters. The highest BCUT2D eigenvalue weighted by molar-refractivity contribution is 5.96. The molecule has 8 heteroatoms. The summed E-state index contributed by atoms with van der Waals surface area (Å²) < 4.78 is 1.53. The third kappa shape index (κ3) is 4.59. The fraction of sp³-hybridized carbons (Fsp3) is 0.0435. The largest absolute Gasteiger partial charge is 0.300 e. The minimum atomic E-state index is -0.509. The maximum absolute atomic E-state index is 13.0. The van der Waals surface area contributed by atoms with Crippen molar-refractivity contribution in [1.29, 1.82) is 0 Å². The number of anilines is 1. The summed E-state index contributed by atoms with van der Waals surface area (Å²) in [6.45, 7) is 0.436. The lowest BCUT2D eigenvalue weighted by Crippen LogP contribution is -2.42. The number of imidazole rings is 1. The van der Waals surface area contributed by atoms with Crippen LogP contribution >= 0.6 is 0 Å². The first-order valence-electron chi connectivity index (χ1n) is 9.56. The number of benzene rings is 3. The van der Waals surface area contributed by atoms with Gasteiger partial charge in [0.15, 0.2) is 0 Å². The molecule has 1 N–H and O–H groups in total. The summed E-state index contributed by atoms with van der Waals surface area (Å²) >= 11 is 0. The highest BCUT2D eigenvalue weighted by Crippen LogP contribution is 2.24. The van der Waals surface area contributed by atoms with Crippen molar-refractivity contribution in [3.8, 4) is 5.69 Å². The number of hydrogen-bond donors (Lipinski definition) is 1. The number of carbonyl (C=O) groups excluding carboxylic acids is 1. The van der Waals surface area contributed by atoms with Crippen LogP contribution in [0.4, 0.5) is 11.4 Å². The summed E-state index contributed by atoms with van der Waals surface area (Å²) in [4.78, 5) is 28.0. The van der Waals surface area contributed by atoms with Gasteiger partial charge in [-0.25, -0.2) is 4.98 Å². The van der Waals surface area contributed by atoms with E-state index in [4.69, 9.17) is 0 Å². The number of amides is 1. The molecule has 3 aromatic carbocycles. The van der Waals surface area contributed by atoms with Gasteiger partial charge in [-0.2, -0.15) is 0 Å². The average Bonchev–Trinajstić information content (AvgIpc) is 3.34. The first-order chi connectivity index (χ1) is 15.1. The Balaban J connectivity index is 1.62. The van der Waals surface area contributed by atoms with E-state index in [1.165, 1.54) is 23.2 Å². The molecule has 8 nitrogen and oxygen atoms in total. The van der Waals surface area contributed by atoms with E-state index >= 15 is 0 Å². The van der Waals surface area contributed by atoms with E-state index in [0.717, 1.165) is 11.3 Å². The van der Waals surface area contributed by atoms with E-state index < -0.39 is 10.8 Å². The van der Waals surface area contributed by atoms with Crippen LogP contribution in [0.5, 0.6) is 0 Å². The number of nitrogens with zero attached hydrogens (tertiary/aromatic N) is 4. The van der Waals surface area contributed by atoms with E-state index in [2.05, 4.69) is 10.4 Å². The number of carbonyl (C=O) groups is 1. The van der Waals surface area contributed by atoms with Crippen molar-refractivity contribution in [3.63, 3.8) is 0 Å². The fourth-order valence-corrected chi connectivity index (χ4v) is 3.19. The number of hydrazine groups is 1. The minimum absolute atomic E-state index is 0.181. The van der Waals surface area contributed by atoms with Crippen molar-refractivity contribution in [3.05, 3.63) is 119 Å². The van der Waals surface area contributed by atoms with Crippen molar-refractivity contribution in [1.82, 2.24) is 15.0 Å². The quantitative estimate of drug-likeness (QED) is 0.363. The Morgan fingerprint density at radius 3 is 2.39 bits per heavy atom. The van der Waals surface area contributed by atoms with Gasteiger partial charge in [-0.15, -0.1) is 0 Å². The van der Waals surface area contributed by atoms with Crippen LogP contribution in [0.2, 0.25) is 0 Å². The molecule has 1 heterocycles. The number of nitro benzene ring substituents is 1. The molecule has 31 heavy (non-hydrogen) atoms. The van der Waals surface area contributed by atoms with Crippen molar-refractivity contribution in [2.45, 2.75) is 6.54 Å². The Morgan fingerprint density at radius 2 is 1.74 bits per heavy atom. The van der Waals surface area contributed by atoms with Crippen LogP contribution in [0, 0.1) is 10.1 Å². The molecule has 0 aliphatic rings. The van der Waals surface area contributed by atoms with Gasteiger partial charge in [0.05, 0.1) is 23.5 Å². The van der Waals surface area contributed by atoms with Crippen molar-refractivity contribution >= 4 is 17.3 Å². The summed E-state index contributed by atoms with van der Waals surface area (Å²) in [5, 5.41) is 13.3. The highest BCUT2D eigenvalue weighted by atomic mass is 16.6. The Hall–Kier alpha value is -4.46. The third-order valence-electron chi connectivity index (χ3n) is 4.70.